The molecule has 4 aliphatic heterocycles. The van der Waals surface area contributed by atoms with Crippen LogP contribution in [0.4, 0.5) is 15.0 Å². The SMILES string of the molecule is COCOc1cc(Cl)c2c(c1)C1(CCc3c(nc(OC[C@@]45CCCN4C[C@H](F)C5)nc3N3CC4CCC(C3)N4C(=O)OC(C)(C)C)C1)CC2(C)O. The van der Waals surface area contributed by atoms with Crippen LogP contribution in [-0.4, -0.2) is 107 Å². The first-order valence-electron chi connectivity index (χ1n) is 18.6. The zero-order valence-electron chi connectivity index (χ0n) is 30.5. The molecule has 1 aromatic heterocycles. The predicted octanol–water partition coefficient (Wildman–Crippen LogP) is 5.69. The lowest BCUT2D eigenvalue weighted by Gasteiger charge is -2.43. The van der Waals surface area contributed by atoms with Crippen molar-refractivity contribution in [3.8, 4) is 11.8 Å². The van der Waals surface area contributed by atoms with Crippen LogP contribution in [0.25, 0.3) is 0 Å². The summed E-state index contributed by atoms with van der Waals surface area (Å²) in [7, 11) is 1.57. The van der Waals surface area contributed by atoms with Crippen molar-refractivity contribution in [1.29, 1.82) is 0 Å². The summed E-state index contributed by atoms with van der Waals surface area (Å²) in [6.45, 7) is 10.6. The number of aromatic nitrogens is 2. The summed E-state index contributed by atoms with van der Waals surface area (Å²) >= 11 is 6.85. The number of methoxy groups -OCH3 is 1. The highest BCUT2D eigenvalue weighted by Gasteiger charge is 2.54. The molecule has 8 rings (SSSR count). The average molecular weight is 728 g/mol. The first-order valence-corrected chi connectivity index (χ1v) is 18.9. The normalized spacial score (nSPS) is 32.7. The maximum absolute atomic E-state index is 14.7. The Bertz CT molecular complexity index is 1690. The molecule has 6 aliphatic rings. The molecule has 2 bridgehead atoms. The van der Waals surface area contributed by atoms with Gasteiger partial charge in [0.15, 0.2) is 6.79 Å². The second kappa shape index (κ2) is 12.6. The number of carbonyl (C=O) groups excluding carboxylic acids is 1. The maximum Gasteiger partial charge on any atom is 0.410 e. The van der Waals surface area contributed by atoms with Crippen LogP contribution in [0.5, 0.6) is 11.8 Å². The van der Waals surface area contributed by atoms with Crippen molar-refractivity contribution in [1.82, 2.24) is 19.8 Å². The van der Waals surface area contributed by atoms with E-state index in [2.05, 4.69) is 9.80 Å². The monoisotopic (exact) mass is 727 g/mol. The number of amides is 1. The second-order valence-corrected chi connectivity index (χ2v) is 17.5. The quantitative estimate of drug-likeness (QED) is 0.357. The number of anilines is 1. The Morgan fingerprint density at radius 3 is 2.61 bits per heavy atom. The van der Waals surface area contributed by atoms with E-state index in [1.54, 1.807) is 13.2 Å². The molecule has 278 valence electrons. The molecule has 4 saturated heterocycles. The summed E-state index contributed by atoms with van der Waals surface area (Å²) in [6, 6.07) is 4.07. The Kier molecular flexibility index (Phi) is 8.67. The molecule has 4 fully saturated rings. The van der Waals surface area contributed by atoms with Crippen LogP contribution in [0.2, 0.25) is 5.02 Å². The molecular weight excluding hydrogens is 677 g/mol. The number of halogens is 2. The molecule has 5 heterocycles. The van der Waals surface area contributed by atoms with Crippen LogP contribution in [0, 0.1) is 0 Å². The molecule has 11 nitrogen and oxygen atoms in total. The number of hydrogen-bond donors (Lipinski definition) is 1. The van der Waals surface area contributed by atoms with E-state index in [9.17, 15) is 14.3 Å². The number of ether oxygens (including phenoxy) is 4. The van der Waals surface area contributed by atoms with Crippen molar-refractivity contribution in [2.24, 2.45) is 0 Å². The summed E-state index contributed by atoms with van der Waals surface area (Å²) in [5, 5.41) is 12.3. The Morgan fingerprint density at radius 2 is 1.88 bits per heavy atom. The highest BCUT2D eigenvalue weighted by molar-refractivity contribution is 6.31. The van der Waals surface area contributed by atoms with Crippen LogP contribution in [0.3, 0.4) is 0 Å². The van der Waals surface area contributed by atoms with Gasteiger partial charge in [0.25, 0.3) is 0 Å². The molecule has 1 N–H and O–H groups in total. The Balaban J connectivity index is 1.14. The molecule has 6 atom stereocenters. The van der Waals surface area contributed by atoms with E-state index in [1.807, 2.05) is 38.7 Å². The average Bonchev–Trinajstić information content (AvgIpc) is 3.72. The smallest absolute Gasteiger partial charge is 0.410 e. The highest BCUT2D eigenvalue weighted by atomic mass is 35.5. The summed E-state index contributed by atoms with van der Waals surface area (Å²) in [5.74, 6) is 1.44. The largest absolute Gasteiger partial charge is 0.468 e. The molecule has 0 radical (unpaired) electrons. The summed E-state index contributed by atoms with van der Waals surface area (Å²) in [6.07, 6.45) is 5.60. The molecule has 4 unspecified atom stereocenters. The van der Waals surface area contributed by atoms with E-state index in [4.69, 9.17) is 40.5 Å². The summed E-state index contributed by atoms with van der Waals surface area (Å²) < 4.78 is 38.0. The van der Waals surface area contributed by atoms with Crippen molar-refractivity contribution >= 4 is 23.5 Å². The minimum absolute atomic E-state index is 0.0129. The topological polar surface area (TPSA) is 110 Å². The number of nitrogens with zero attached hydrogens (tertiary/aromatic N) is 5. The zero-order chi connectivity index (χ0) is 35.9. The third kappa shape index (κ3) is 6.21. The van der Waals surface area contributed by atoms with Gasteiger partial charge in [0.05, 0.1) is 33.9 Å². The Morgan fingerprint density at radius 1 is 1.12 bits per heavy atom. The lowest BCUT2D eigenvalue weighted by Crippen LogP contribution is -2.57. The molecule has 2 aromatic rings. The fraction of sp³-hybridized carbons (Fsp3) is 0.711. The van der Waals surface area contributed by atoms with Gasteiger partial charge >= 0.3 is 12.1 Å². The number of piperazine rings is 1. The third-order valence-electron chi connectivity index (χ3n) is 12.2. The van der Waals surface area contributed by atoms with E-state index in [1.165, 1.54) is 0 Å². The van der Waals surface area contributed by atoms with Gasteiger partial charge in [-0.05, 0) is 96.9 Å². The van der Waals surface area contributed by atoms with Gasteiger partial charge in [-0.1, -0.05) is 11.6 Å². The first kappa shape index (κ1) is 35.1. The Hall–Kier alpha value is -2.93. The van der Waals surface area contributed by atoms with E-state index in [0.717, 1.165) is 66.9 Å². The molecule has 1 aromatic carbocycles. The van der Waals surface area contributed by atoms with Gasteiger partial charge in [-0.2, -0.15) is 9.97 Å². The van der Waals surface area contributed by atoms with Crippen LogP contribution in [-0.2, 0) is 33.3 Å². The molecule has 0 saturated carbocycles. The fourth-order valence-electron chi connectivity index (χ4n) is 10.3. The molecule has 1 amide bonds. The molecule has 13 heteroatoms. The van der Waals surface area contributed by atoms with Crippen LogP contribution in [0.15, 0.2) is 12.1 Å². The maximum atomic E-state index is 14.7. The number of aliphatic hydroxyl groups is 1. The second-order valence-electron chi connectivity index (χ2n) is 17.1. The molecule has 1 spiro atoms. The number of carbonyl (C=O) groups is 1. The third-order valence-corrected chi connectivity index (χ3v) is 12.5. The van der Waals surface area contributed by atoms with Gasteiger partial charge in [0.2, 0.25) is 0 Å². The van der Waals surface area contributed by atoms with E-state index >= 15 is 0 Å². The van der Waals surface area contributed by atoms with Crippen molar-refractivity contribution in [2.75, 3.05) is 51.6 Å². The van der Waals surface area contributed by atoms with Gasteiger partial charge in [-0.3, -0.25) is 9.80 Å². The Labute approximate surface area is 304 Å². The predicted molar refractivity (Wildman–Crippen MR) is 190 cm³/mol. The van der Waals surface area contributed by atoms with Gasteiger partial charge < -0.3 is 29.0 Å². The summed E-state index contributed by atoms with van der Waals surface area (Å²) in [4.78, 5) is 30.0. The van der Waals surface area contributed by atoms with Crippen LogP contribution >= 0.6 is 11.6 Å². The number of rotatable bonds is 7. The van der Waals surface area contributed by atoms with Crippen molar-refractivity contribution in [3.63, 3.8) is 0 Å². The minimum atomic E-state index is -1.13. The van der Waals surface area contributed by atoms with Crippen LogP contribution < -0.4 is 14.4 Å². The van der Waals surface area contributed by atoms with Crippen molar-refractivity contribution in [3.05, 3.63) is 39.5 Å². The first-order chi connectivity index (χ1) is 24.2. The number of benzene rings is 1. The van der Waals surface area contributed by atoms with Gasteiger partial charge in [0.1, 0.15) is 29.9 Å². The van der Waals surface area contributed by atoms with Gasteiger partial charge in [0, 0.05) is 56.1 Å². The minimum Gasteiger partial charge on any atom is -0.468 e. The molecule has 51 heavy (non-hydrogen) atoms. The molecular formula is C38H51ClFN5O6. The van der Waals surface area contributed by atoms with E-state index < -0.39 is 22.8 Å². The van der Waals surface area contributed by atoms with Crippen LogP contribution in [0.1, 0.15) is 95.0 Å². The highest BCUT2D eigenvalue weighted by Crippen LogP contribution is 2.57. The zero-order valence-corrected chi connectivity index (χ0v) is 31.2. The van der Waals surface area contributed by atoms with Gasteiger partial charge in [-0.15, -0.1) is 0 Å². The lowest BCUT2D eigenvalue weighted by molar-refractivity contribution is 0.0122. The number of alkyl halides is 1. The number of fused-ring (bicyclic) bond motifs is 6. The fourth-order valence-corrected chi connectivity index (χ4v) is 10.7. The van der Waals surface area contributed by atoms with E-state index in [0.29, 0.717) is 68.7 Å². The summed E-state index contributed by atoms with van der Waals surface area (Å²) in [5.41, 5.74) is 1.21. The van der Waals surface area contributed by atoms with E-state index in [-0.39, 0.29) is 30.5 Å². The standard InChI is InChI=1S/C38H51ClFN5O6/c1-35(2,3)51-34(46)45-24-7-8-25(45)19-43(18-24)32-27-9-11-37(20-36(4,47)31-28(37)13-26(14-29(31)39)50-22-48-5)16-30(27)41-33(42-32)49-21-38-10-6-12-44(38)17-23(40)15-38/h13-14,23-25,47H,6-12,15-22H2,1-5H3/t23-,24?,25?,36?,37?,38+/m1/s1. The van der Waals surface area contributed by atoms with Gasteiger partial charge in [-0.25, -0.2) is 9.18 Å². The van der Waals surface area contributed by atoms with Crippen molar-refractivity contribution < 1.29 is 33.2 Å². The number of hydrogen-bond acceptors (Lipinski definition) is 10. The molecule has 2 aliphatic carbocycles. The van der Waals surface area contributed by atoms with Crippen molar-refractivity contribution in [2.45, 2.75) is 126 Å². The lowest BCUT2D eigenvalue weighted by atomic mass is 9.69.